The van der Waals surface area contributed by atoms with Crippen molar-refractivity contribution in [3.8, 4) is 0 Å². The number of carbonyl (C=O) groups excluding carboxylic acids is 1. The molecule has 0 atom stereocenters. The molecule has 1 N–H and O–H groups in total. The third kappa shape index (κ3) is 3.15. The van der Waals surface area contributed by atoms with Gasteiger partial charge >= 0.3 is 0 Å². The minimum atomic E-state index is -0.556. The number of hydrogen-bond acceptors (Lipinski definition) is 5. The van der Waals surface area contributed by atoms with E-state index >= 15 is 0 Å². The first-order valence-corrected chi connectivity index (χ1v) is 6.94. The van der Waals surface area contributed by atoms with Gasteiger partial charge in [0.25, 0.3) is 11.5 Å². The average molecular weight is 305 g/mol. The standard InChI is InChI=1S/C15H19N3O4/c1-4-18-13-10(6-5-7-16-13)8-11(15(18)20)14(19)17-9-12(21-2)22-3/h5-8,12H,4,9H2,1-3H3,(H,17,19). The van der Waals surface area contributed by atoms with Gasteiger partial charge in [0, 0.05) is 32.3 Å². The number of nitrogens with zero attached hydrogens (tertiary/aromatic N) is 2. The van der Waals surface area contributed by atoms with E-state index in [0.29, 0.717) is 12.2 Å². The van der Waals surface area contributed by atoms with Gasteiger partial charge in [0.1, 0.15) is 11.2 Å². The third-order valence-electron chi connectivity index (χ3n) is 3.36. The van der Waals surface area contributed by atoms with Crippen molar-refractivity contribution in [3.63, 3.8) is 0 Å². The second-order valence-electron chi connectivity index (χ2n) is 4.63. The molecule has 0 radical (unpaired) electrons. The van der Waals surface area contributed by atoms with Crippen LogP contribution >= 0.6 is 0 Å². The number of carbonyl (C=O) groups is 1. The van der Waals surface area contributed by atoms with Gasteiger partial charge in [0.2, 0.25) is 0 Å². The van der Waals surface area contributed by atoms with Crippen molar-refractivity contribution in [2.24, 2.45) is 0 Å². The van der Waals surface area contributed by atoms with Crippen LogP contribution in [0.4, 0.5) is 0 Å². The van der Waals surface area contributed by atoms with Crippen LogP contribution in [-0.4, -0.2) is 42.5 Å². The quantitative estimate of drug-likeness (QED) is 0.797. The van der Waals surface area contributed by atoms with Crippen molar-refractivity contribution in [1.29, 1.82) is 0 Å². The van der Waals surface area contributed by atoms with Crippen molar-refractivity contribution in [3.05, 3.63) is 40.3 Å². The van der Waals surface area contributed by atoms with E-state index in [2.05, 4.69) is 10.3 Å². The van der Waals surface area contributed by atoms with Gasteiger partial charge in [-0.2, -0.15) is 0 Å². The lowest BCUT2D eigenvalue weighted by molar-refractivity contribution is -0.0974. The van der Waals surface area contributed by atoms with E-state index in [9.17, 15) is 9.59 Å². The maximum atomic E-state index is 12.4. The number of aromatic nitrogens is 2. The fraction of sp³-hybridized carbons (Fsp3) is 0.400. The van der Waals surface area contributed by atoms with Crippen LogP contribution in [0.1, 0.15) is 17.3 Å². The topological polar surface area (TPSA) is 82.5 Å². The molecule has 118 valence electrons. The highest BCUT2D eigenvalue weighted by Gasteiger charge is 2.16. The molecule has 2 aromatic heterocycles. The van der Waals surface area contributed by atoms with Gasteiger partial charge in [-0.3, -0.25) is 14.2 Å². The molecule has 0 bridgehead atoms. The highest BCUT2D eigenvalue weighted by Crippen LogP contribution is 2.10. The Bertz CT molecular complexity index is 722. The SMILES string of the molecule is CCn1c(=O)c(C(=O)NCC(OC)OC)cc2cccnc21. The molecule has 0 unspecified atom stereocenters. The smallest absolute Gasteiger partial charge is 0.265 e. The van der Waals surface area contributed by atoms with Crippen LogP contribution in [0.15, 0.2) is 29.2 Å². The van der Waals surface area contributed by atoms with Crippen LogP contribution < -0.4 is 10.9 Å². The lowest BCUT2D eigenvalue weighted by Gasteiger charge is -2.14. The zero-order valence-corrected chi connectivity index (χ0v) is 12.8. The summed E-state index contributed by atoms with van der Waals surface area (Å²) in [7, 11) is 2.96. The van der Waals surface area contributed by atoms with Crippen molar-refractivity contribution in [1.82, 2.24) is 14.9 Å². The number of ether oxygens (including phenoxy) is 2. The highest BCUT2D eigenvalue weighted by molar-refractivity contribution is 5.96. The van der Waals surface area contributed by atoms with E-state index in [1.54, 1.807) is 18.3 Å². The van der Waals surface area contributed by atoms with Crippen LogP contribution in [0, 0.1) is 0 Å². The molecule has 7 nitrogen and oxygen atoms in total. The molecule has 2 rings (SSSR count). The second kappa shape index (κ2) is 7.15. The molecule has 1 amide bonds. The Kier molecular flexibility index (Phi) is 5.24. The number of aryl methyl sites for hydroxylation is 1. The van der Waals surface area contributed by atoms with Crippen molar-refractivity contribution >= 4 is 16.9 Å². The molecule has 7 heteroatoms. The van der Waals surface area contributed by atoms with Crippen LogP contribution in [0.5, 0.6) is 0 Å². The molecule has 0 fully saturated rings. The summed E-state index contributed by atoms with van der Waals surface area (Å²) in [5.74, 6) is -0.461. The number of amides is 1. The highest BCUT2D eigenvalue weighted by atomic mass is 16.7. The first-order chi connectivity index (χ1) is 10.6. The Morgan fingerprint density at radius 3 is 2.77 bits per heavy atom. The summed E-state index contributed by atoms with van der Waals surface area (Å²) in [5, 5.41) is 3.37. The maximum absolute atomic E-state index is 12.4. The van der Waals surface area contributed by atoms with Crippen LogP contribution in [0.2, 0.25) is 0 Å². The minimum Gasteiger partial charge on any atom is -0.354 e. The Balaban J connectivity index is 2.37. The van der Waals surface area contributed by atoms with Crippen molar-refractivity contribution in [2.45, 2.75) is 19.8 Å². The first kappa shape index (κ1) is 16.1. The Morgan fingerprint density at radius 1 is 1.41 bits per heavy atom. The van der Waals surface area contributed by atoms with Gasteiger partial charge in [-0.1, -0.05) is 0 Å². The Hall–Kier alpha value is -2.25. The summed E-state index contributed by atoms with van der Waals surface area (Å²) in [4.78, 5) is 28.9. The van der Waals surface area contributed by atoms with Gasteiger partial charge < -0.3 is 14.8 Å². The molecular weight excluding hydrogens is 286 g/mol. The molecule has 0 spiro atoms. The second-order valence-corrected chi connectivity index (χ2v) is 4.63. The molecule has 22 heavy (non-hydrogen) atoms. The molecule has 0 aliphatic rings. The maximum Gasteiger partial charge on any atom is 0.265 e. The largest absolute Gasteiger partial charge is 0.354 e. The Labute approximate surface area is 127 Å². The molecule has 0 aliphatic heterocycles. The number of rotatable bonds is 6. The Morgan fingerprint density at radius 2 is 2.14 bits per heavy atom. The van der Waals surface area contributed by atoms with Gasteiger partial charge in [-0.15, -0.1) is 0 Å². The van der Waals surface area contributed by atoms with E-state index in [1.807, 2.05) is 13.0 Å². The van der Waals surface area contributed by atoms with E-state index in [-0.39, 0.29) is 17.7 Å². The van der Waals surface area contributed by atoms with Crippen molar-refractivity contribution < 1.29 is 14.3 Å². The summed E-state index contributed by atoms with van der Waals surface area (Å²) in [6.07, 6.45) is 1.06. The zero-order chi connectivity index (χ0) is 16.1. The van der Waals surface area contributed by atoms with Crippen LogP contribution in [0.3, 0.4) is 0 Å². The number of hydrogen-bond donors (Lipinski definition) is 1. The fourth-order valence-corrected chi connectivity index (χ4v) is 2.20. The monoisotopic (exact) mass is 305 g/mol. The third-order valence-corrected chi connectivity index (χ3v) is 3.36. The molecule has 0 saturated carbocycles. The van der Waals surface area contributed by atoms with E-state index < -0.39 is 12.2 Å². The molecule has 0 aromatic carbocycles. The van der Waals surface area contributed by atoms with Gasteiger partial charge in [0.05, 0.1) is 6.54 Å². The zero-order valence-electron chi connectivity index (χ0n) is 12.8. The van der Waals surface area contributed by atoms with E-state index in [0.717, 1.165) is 5.39 Å². The molecule has 0 saturated heterocycles. The van der Waals surface area contributed by atoms with Crippen molar-refractivity contribution in [2.75, 3.05) is 20.8 Å². The number of nitrogens with one attached hydrogen (secondary N) is 1. The summed E-state index contributed by atoms with van der Waals surface area (Å²) in [6, 6.07) is 5.14. The van der Waals surface area contributed by atoms with Crippen LogP contribution in [-0.2, 0) is 16.0 Å². The van der Waals surface area contributed by atoms with E-state index in [1.165, 1.54) is 18.8 Å². The summed E-state index contributed by atoms with van der Waals surface area (Å²) in [6.45, 7) is 2.43. The van der Waals surface area contributed by atoms with Gasteiger partial charge in [0.15, 0.2) is 6.29 Å². The molecule has 0 aliphatic carbocycles. The first-order valence-electron chi connectivity index (χ1n) is 6.94. The lowest BCUT2D eigenvalue weighted by Crippen LogP contribution is -2.38. The number of fused-ring (bicyclic) bond motifs is 1. The van der Waals surface area contributed by atoms with Crippen LogP contribution in [0.25, 0.3) is 11.0 Å². The van der Waals surface area contributed by atoms with Gasteiger partial charge in [-0.25, -0.2) is 4.98 Å². The molecule has 2 aromatic rings. The summed E-state index contributed by atoms with van der Waals surface area (Å²) in [5.41, 5.74) is 0.282. The lowest BCUT2D eigenvalue weighted by atomic mass is 10.2. The average Bonchev–Trinajstić information content (AvgIpc) is 2.55. The predicted molar refractivity (Wildman–Crippen MR) is 81.8 cm³/mol. The molecule has 2 heterocycles. The number of methoxy groups -OCH3 is 2. The molecular formula is C15H19N3O4. The summed E-state index contributed by atoms with van der Waals surface area (Å²) >= 11 is 0. The normalized spacial score (nSPS) is 11.1. The van der Waals surface area contributed by atoms with Gasteiger partial charge in [-0.05, 0) is 25.1 Å². The minimum absolute atomic E-state index is 0.0771. The number of pyridine rings is 2. The fourth-order valence-electron chi connectivity index (χ4n) is 2.20. The predicted octanol–water partition coefficient (Wildman–Crippen LogP) is 0.765. The summed E-state index contributed by atoms with van der Waals surface area (Å²) < 4.78 is 11.5. The van der Waals surface area contributed by atoms with E-state index in [4.69, 9.17) is 9.47 Å².